The SMILES string of the molecule is BrCCc1cccc(CCBr)c1CCBr. The number of hydrogen-bond acceptors (Lipinski definition) is 0. The second kappa shape index (κ2) is 7.86. The molecule has 0 unspecified atom stereocenters. The summed E-state index contributed by atoms with van der Waals surface area (Å²) in [5.74, 6) is 0. The van der Waals surface area contributed by atoms with E-state index in [1.807, 2.05) is 0 Å². The lowest BCUT2D eigenvalue weighted by Gasteiger charge is -2.12. The molecule has 1 aromatic carbocycles. The highest BCUT2D eigenvalue weighted by Crippen LogP contribution is 2.19. The molecule has 0 nitrogen and oxygen atoms in total. The first kappa shape index (κ1) is 13.7. The zero-order valence-corrected chi connectivity index (χ0v) is 13.4. The van der Waals surface area contributed by atoms with Gasteiger partial charge >= 0.3 is 0 Å². The highest BCUT2D eigenvalue weighted by molar-refractivity contribution is 9.09. The van der Waals surface area contributed by atoms with E-state index in [9.17, 15) is 0 Å². The summed E-state index contributed by atoms with van der Waals surface area (Å²) >= 11 is 10.6. The van der Waals surface area contributed by atoms with Crippen molar-refractivity contribution in [3.05, 3.63) is 34.9 Å². The Morgan fingerprint density at radius 2 is 1.20 bits per heavy atom. The maximum Gasteiger partial charge on any atom is 0.00720 e. The van der Waals surface area contributed by atoms with Crippen LogP contribution in [0.3, 0.4) is 0 Å². The molecule has 0 saturated heterocycles. The molecule has 0 saturated carbocycles. The van der Waals surface area contributed by atoms with Crippen LogP contribution in [-0.4, -0.2) is 16.0 Å². The Hall–Kier alpha value is 0.660. The van der Waals surface area contributed by atoms with E-state index in [-0.39, 0.29) is 0 Å². The van der Waals surface area contributed by atoms with Gasteiger partial charge in [-0.2, -0.15) is 0 Å². The Labute approximate surface area is 117 Å². The number of aryl methyl sites for hydroxylation is 2. The van der Waals surface area contributed by atoms with Gasteiger partial charge in [0, 0.05) is 16.0 Å². The molecule has 0 aromatic heterocycles. The molecule has 0 spiro atoms. The molecular weight excluding hydrogens is 384 g/mol. The van der Waals surface area contributed by atoms with Gasteiger partial charge in [0.2, 0.25) is 0 Å². The second-order valence-electron chi connectivity index (χ2n) is 3.37. The van der Waals surface area contributed by atoms with E-state index in [0.29, 0.717) is 0 Å². The average molecular weight is 399 g/mol. The van der Waals surface area contributed by atoms with Crippen LogP contribution in [0, 0.1) is 0 Å². The Kier molecular flexibility index (Phi) is 7.19. The quantitative estimate of drug-likeness (QED) is 0.619. The summed E-state index contributed by atoms with van der Waals surface area (Å²) in [6.07, 6.45) is 3.38. The first-order valence-electron chi connectivity index (χ1n) is 5.11. The summed E-state index contributed by atoms with van der Waals surface area (Å²) in [6, 6.07) is 6.67. The fourth-order valence-electron chi connectivity index (χ4n) is 1.78. The lowest BCUT2D eigenvalue weighted by molar-refractivity contribution is 1.00. The third kappa shape index (κ3) is 4.20. The van der Waals surface area contributed by atoms with E-state index >= 15 is 0 Å². The summed E-state index contributed by atoms with van der Waals surface area (Å²) in [5, 5.41) is 3.13. The molecule has 0 heterocycles. The van der Waals surface area contributed by atoms with E-state index in [1.54, 1.807) is 0 Å². The van der Waals surface area contributed by atoms with E-state index in [4.69, 9.17) is 0 Å². The molecule has 3 heteroatoms. The van der Waals surface area contributed by atoms with Crippen LogP contribution in [0.5, 0.6) is 0 Å². The number of halogens is 3. The largest absolute Gasteiger partial charge is 0.0924 e. The van der Waals surface area contributed by atoms with Crippen molar-refractivity contribution in [2.24, 2.45) is 0 Å². The molecular formula is C12H15Br3. The number of benzene rings is 1. The van der Waals surface area contributed by atoms with E-state index in [2.05, 4.69) is 66.0 Å². The molecule has 1 aromatic rings. The molecule has 0 amide bonds. The summed E-state index contributed by atoms with van der Waals surface area (Å²) in [7, 11) is 0. The Morgan fingerprint density at radius 1 is 0.733 bits per heavy atom. The molecule has 0 aliphatic carbocycles. The van der Waals surface area contributed by atoms with Crippen molar-refractivity contribution >= 4 is 47.8 Å². The van der Waals surface area contributed by atoms with Crippen molar-refractivity contribution in [2.45, 2.75) is 19.3 Å². The average Bonchev–Trinajstić information content (AvgIpc) is 2.23. The minimum absolute atomic E-state index is 1.04. The van der Waals surface area contributed by atoms with Crippen LogP contribution in [-0.2, 0) is 19.3 Å². The van der Waals surface area contributed by atoms with Crippen molar-refractivity contribution in [3.63, 3.8) is 0 Å². The summed E-state index contributed by atoms with van der Waals surface area (Å²) in [6.45, 7) is 0. The minimum atomic E-state index is 1.04. The van der Waals surface area contributed by atoms with Crippen molar-refractivity contribution in [1.82, 2.24) is 0 Å². The minimum Gasteiger partial charge on any atom is -0.0924 e. The van der Waals surface area contributed by atoms with Crippen LogP contribution in [0.4, 0.5) is 0 Å². The first-order chi connectivity index (χ1) is 7.33. The third-order valence-electron chi connectivity index (χ3n) is 2.44. The molecule has 0 fully saturated rings. The van der Waals surface area contributed by atoms with E-state index in [0.717, 1.165) is 35.3 Å². The van der Waals surface area contributed by atoms with Gasteiger partial charge in [-0.25, -0.2) is 0 Å². The number of hydrogen-bond donors (Lipinski definition) is 0. The van der Waals surface area contributed by atoms with Gasteiger partial charge in [-0.05, 0) is 36.0 Å². The molecule has 15 heavy (non-hydrogen) atoms. The van der Waals surface area contributed by atoms with E-state index in [1.165, 1.54) is 16.7 Å². The molecule has 0 N–H and O–H groups in total. The van der Waals surface area contributed by atoms with Crippen LogP contribution in [0.1, 0.15) is 16.7 Å². The molecule has 0 aliphatic heterocycles. The van der Waals surface area contributed by atoms with Crippen LogP contribution >= 0.6 is 47.8 Å². The molecule has 1 rings (SSSR count). The molecule has 84 valence electrons. The standard InChI is InChI=1S/C12H15Br3/c13-7-4-10-2-1-3-11(5-8-14)12(10)6-9-15/h1-3H,4-9H2. The fourth-order valence-corrected chi connectivity index (χ4v) is 3.03. The molecule has 0 aliphatic rings. The van der Waals surface area contributed by atoms with Gasteiger partial charge in [-0.3, -0.25) is 0 Å². The highest BCUT2D eigenvalue weighted by Gasteiger charge is 2.06. The van der Waals surface area contributed by atoms with Crippen LogP contribution in [0.15, 0.2) is 18.2 Å². The summed E-state index contributed by atoms with van der Waals surface area (Å²) < 4.78 is 0. The number of rotatable bonds is 6. The lowest BCUT2D eigenvalue weighted by Crippen LogP contribution is -2.02. The van der Waals surface area contributed by atoms with Crippen molar-refractivity contribution < 1.29 is 0 Å². The maximum absolute atomic E-state index is 3.53. The van der Waals surface area contributed by atoms with Crippen LogP contribution < -0.4 is 0 Å². The van der Waals surface area contributed by atoms with Gasteiger partial charge in [-0.1, -0.05) is 66.0 Å². The smallest absolute Gasteiger partial charge is 0.00720 e. The second-order valence-corrected chi connectivity index (χ2v) is 5.75. The molecule has 0 bridgehead atoms. The predicted molar refractivity (Wildman–Crippen MR) is 78.9 cm³/mol. The fraction of sp³-hybridized carbons (Fsp3) is 0.500. The molecule has 0 radical (unpaired) electrons. The maximum atomic E-state index is 3.53. The Morgan fingerprint density at radius 3 is 1.60 bits per heavy atom. The van der Waals surface area contributed by atoms with Gasteiger partial charge in [-0.15, -0.1) is 0 Å². The number of alkyl halides is 3. The van der Waals surface area contributed by atoms with Crippen LogP contribution in [0.25, 0.3) is 0 Å². The Bertz CT molecular complexity index is 273. The van der Waals surface area contributed by atoms with Gasteiger partial charge < -0.3 is 0 Å². The summed E-state index contributed by atoms with van der Waals surface area (Å²) in [5.41, 5.74) is 4.52. The Balaban J connectivity index is 2.97. The first-order valence-corrected chi connectivity index (χ1v) is 8.47. The molecule has 0 atom stereocenters. The van der Waals surface area contributed by atoms with Crippen molar-refractivity contribution in [1.29, 1.82) is 0 Å². The van der Waals surface area contributed by atoms with Gasteiger partial charge in [0.15, 0.2) is 0 Å². The zero-order valence-electron chi connectivity index (χ0n) is 8.61. The monoisotopic (exact) mass is 396 g/mol. The predicted octanol–water partition coefficient (Wildman–Crippen LogP) is 4.50. The third-order valence-corrected chi connectivity index (χ3v) is 3.63. The van der Waals surface area contributed by atoms with Gasteiger partial charge in [0.05, 0.1) is 0 Å². The summed E-state index contributed by atoms with van der Waals surface area (Å²) in [4.78, 5) is 0. The van der Waals surface area contributed by atoms with E-state index < -0.39 is 0 Å². The topological polar surface area (TPSA) is 0 Å². The van der Waals surface area contributed by atoms with Crippen molar-refractivity contribution in [2.75, 3.05) is 16.0 Å². The lowest BCUT2D eigenvalue weighted by atomic mass is 9.96. The van der Waals surface area contributed by atoms with Gasteiger partial charge in [0.25, 0.3) is 0 Å². The zero-order chi connectivity index (χ0) is 11.1. The van der Waals surface area contributed by atoms with Gasteiger partial charge in [0.1, 0.15) is 0 Å². The van der Waals surface area contributed by atoms with Crippen molar-refractivity contribution in [3.8, 4) is 0 Å². The van der Waals surface area contributed by atoms with Crippen LogP contribution in [0.2, 0.25) is 0 Å². The highest BCUT2D eigenvalue weighted by atomic mass is 79.9. The normalized spacial score (nSPS) is 10.6.